The van der Waals surface area contributed by atoms with Crippen molar-refractivity contribution in [1.29, 1.82) is 0 Å². The van der Waals surface area contributed by atoms with Crippen LogP contribution in [0.3, 0.4) is 0 Å². The summed E-state index contributed by atoms with van der Waals surface area (Å²) in [6.45, 7) is -0.507. The molecule has 3 aromatic rings. The first-order valence-electron chi connectivity index (χ1n) is 8.48. The molecule has 0 spiro atoms. The second-order valence-electron chi connectivity index (χ2n) is 6.01. The monoisotopic (exact) mass is 473 g/mol. The summed E-state index contributed by atoms with van der Waals surface area (Å²) in [6, 6.07) is 12.7. The van der Waals surface area contributed by atoms with Gasteiger partial charge in [-0.05, 0) is 48.7 Å². The quantitative estimate of drug-likeness (QED) is 0.558. The van der Waals surface area contributed by atoms with Crippen LogP contribution in [0.2, 0.25) is 0 Å². The van der Waals surface area contributed by atoms with E-state index in [0.29, 0.717) is 22.5 Å². The van der Waals surface area contributed by atoms with Crippen molar-refractivity contribution in [3.63, 3.8) is 0 Å². The molecule has 0 saturated heterocycles. The van der Waals surface area contributed by atoms with Crippen LogP contribution in [0.1, 0.15) is 11.8 Å². The molecule has 10 heteroatoms. The number of carboxylic acids is 1. The maximum atomic E-state index is 10.5. The molecule has 1 aliphatic heterocycles. The minimum absolute atomic E-state index is 0.371. The smallest absolute Gasteiger partial charge is 0.247 e. The Morgan fingerprint density at radius 2 is 2.07 bits per heavy atom. The molecule has 0 amide bonds. The van der Waals surface area contributed by atoms with Crippen molar-refractivity contribution in [2.45, 2.75) is 11.4 Å². The molecule has 0 fully saturated rings. The van der Waals surface area contributed by atoms with Gasteiger partial charge in [0.2, 0.25) is 11.0 Å². The van der Waals surface area contributed by atoms with Crippen molar-refractivity contribution in [3.8, 4) is 22.9 Å². The SMILES string of the molecule is CSc1nnc2c(n1)O[C@@H](c1ccc(OCC(=O)[O-])cc1)Nc1ccc(Br)cc1-2. The predicted molar refractivity (Wildman–Crippen MR) is 109 cm³/mol. The molecule has 2 aromatic carbocycles. The number of nitrogens with zero attached hydrogens (tertiary/aromatic N) is 3. The number of rotatable bonds is 5. The van der Waals surface area contributed by atoms with Gasteiger partial charge in [-0.25, -0.2) is 0 Å². The molecule has 1 atom stereocenters. The number of carbonyl (C=O) groups is 1. The molecule has 4 rings (SSSR count). The third-order valence-electron chi connectivity index (χ3n) is 4.11. The van der Waals surface area contributed by atoms with E-state index < -0.39 is 18.8 Å². The lowest BCUT2D eigenvalue weighted by Gasteiger charge is -2.19. The number of hydrogen-bond acceptors (Lipinski definition) is 9. The second-order valence-corrected chi connectivity index (χ2v) is 7.70. The van der Waals surface area contributed by atoms with Gasteiger partial charge in [0.25, 0.3) is 0 Å². The number of halogens is 1. The normalized spacial score (nSPS) is 14.6. The molecule has 0 radical (unpaired) electrons. The molecule has 0 unspecified atom stereocenters. The number of carboxylic acid groups (broad SMARTS) is 1. The van der Waals surface area contributed by atoms with E-state index >= 15 is 0 Å². The lowest BCUT2D eigenvalue weighted by atomic mass is 10.1. The average Bonchev–Trinajstić information content (AvgIpc) is 2.88. The summed E-state index contributed by atoms with van der Waals surface area (Å²) in [6.07, 6.45) is 1.32. The molecule has 148 valence electrons. The lowest BCUT2D eigenvalue weighted by molar-refractivity contribution is -0.307. The number of nitrogens with one attached hydrogen (secondary N) is 1. The lowest BCUT2D eigenvalue weighted by Crippen LogP contribution is -2.28. The fourth-order valence-corrected chi connectivity index (χ4v) is 3.45. The van der Waals surface area contributed by atoms with Gasteiger partial charge in [0, 0.05) is 21.3 Å². The summed E-state index contributed by atoms with van der Waals surface area (Å²) in [5, 5.41) is 22.9. The van der Waals surface area contributed by atoms with Gasteiger partial charge in [-0.1, -0.05) is 27.7 Å². The Bertz CT molecular complexity index is 1060. The Hall–Kier alpha value is -2.85. The Morgan fingerprint density at radius 3 is 2.79 bits per heavy atom. The highest BCUT2D eigenvalue weighted by molar-refractivity contribution is 9.10. The summed E-state index contributed by atoms with van der Waals surface area (Å²) in [5.74, 6) is -0.486. The van der Waals surface area contributed by atoms with Gasteiger partial charge in [-0.2, -0.15) is 4.98 Å². The maximum absolute atomic E-state index is 10.5. The minimum Gasteiger partial charge on any atom is -0.546 e. The number of aromatic nitrogens is 3. The minimum atomic E-state index is -1.28. The van der Waals surface area contributed by atoms with Crippen LogP contribution >= 0.6 is 27.7 Å². The molecule has 1 N–H and O–H groups in total. The van der Waals surface area contributed by atoms with Gasteiger partial charge in [-0.3, -0.25) is 0 Å². The molecule has 29 heavy (non-hydrogen) atoms. The topological polar surface area (TPSA) is 109 Å². The summed E-state index contributed by atoms with van der Waals surface area (Å²) < 4.78 is 12.2. The van der Waals surface area contributed by atoms with Crippen LogP contribution in [0.25, 0.3) is 11.3 Å². The van der Waals surface area contributed by atoms with Crippen molar-refractivity contribution >= 4 is 39.3 Å². The fourth-order valence-electron chi connectivity index (χ4n) is 2.79. The van der Waals surface area contributed by atoms with Crippen LogP contribution in [0.15, 0.2) is 52.1 Å². The Kier molecular flexibility index (Phi) is 5.54. The number of thioether (sulfide) groups is 1. The van der Waals surface area contributed by atoms with Gasteiger partial charge in [0.15, 0.2) is 11.9 Å². The van der Waals surface area contributed by atoms with Crippen LogP contribution in [-0.2, 0) is 4.79 Å². The predicted octanol–water partition coefficient (Wildman–Crippen LogP) is 2.65. The molecule has 0 bridgehead atoms. The highest BCUT2D eigenvalue weighted by Gasteiger charge is 2.26. The number of anilines is 1. The molecule has 2 heterocycles. The number of aliphatic carboxylic acids is 1. The van der Waals surface area contributed by atoms with E-state index in [1.807, 2.05) is 24.5 Å². The van der Waals surface area contributed by atoms with Gasteiger partial charge in [0.05, 0.1) is 5.97 Å². The zero-order chi connectivity index (χ0) is 20.4. The average molecular weight is 474 g/mol. The number of carbonyl (C=O) groups excluding carboxylic acids is 1. The van der Waals surface area contributed by atoms with Gasteiger partial charge >= 0.3 is 0 Å². The zero-order valence-corrected chi connectivity index (χ0v) is 17.5. The molecule has 0 aliphatic carbocycles. The third-order valence-corrected chi connectivity index (χ3v) is 5.14. The molecule has 8 nitrogen and oxygen atoms in total. The Labute approximate surface area is 178 Å². The van der Waals surface area contributed by atoms with Crippen molar-refractivity contribution in [2.24, 2.45) is 0 Å². The van der Waals surface area contributed by atoms with Crippen molar-refractivity contribution in [3.05, 3.63) is 52.5 Å². The summed E-state index contributed by atoms with van der Waals surface area (Å²) in [7, 11) is 0. The standard InChI is InChI=1S/C19H15BrN4O4S/c1-29-19-22-18-16(23-24-19)13-8-11(20)4-7-14(13)21-17(28-18)10-2-5-12(6-3-10)27-9-15(25)26/h2-8,17,21H,9H2,1H3,(H,25,26)/p-1/t17-/m0/s1. The first-order chi connectivity index (χ1) is 14.0. The van der Waals surface area contributed by atoms with E-state index in [2.05, 4.69) is 36.4 Å². The van der Waals surface area contributed by atoms with Crippen molar-refractivity contribution in [1.82, 2.24) is 15.2 Å². The second kappa shape index (κ2) is 8.26. The summed E-state index contributed by atoms with van der Waals surface area (Å²) in [5.41, 5.74) is 2.99. The van der Waals surface area contributed by atoms with Gasteiger partial charge in [0.1, 0.15) is 12.4 Å². The van der Waals surface area contributed by atoms with Gasteiger partial charge < -0.3 is 24.7 Å². The highest BCUT2D eigenvalue weighted by atomic mass is 79.9. The van der Waals surface area contributed by atoms with E-state index in [1.165, 1.54) is 11.8 Å². The zero-order valence-electron chi connectivity index (χ0n) is 15.1. The van der Waals surface area contributed by atoms with E-state index in [4.69, 9.17) is 9.47 Å². The van der Waals surface area contributed by atoms with Crippen LogP contribution in [0.5, 0.6) is 11.6 Å². The fraction of sp³-hybridized carbons (Fsp3) is 0.158. The number of fused-ring (bicyclic) bond motifs is 3. The number of benzene rings is 2. The Balaban J connectivity index is 1.70. The number of hydrogen-bond donors (Lipinski definition) is 1. The summed E-state index contributed by atoms with van der Waals surface area (Å²) in [4.78, 5) is 15.0. The largest absolute Gasteiger partial charge is 0.546 e. The van der Waals surface area contributed by atoms with Crippen LogP contribution in [-0.4, -0.2) is 34.0 Å². The number of ether oxygens (including phenoxy) is 2. The Morgan fingerprint density at radius 1 is 1.28 bits per heavy atom. The third kappa shape index (κ3) is 4.28. The maximum Gasteiger partial charge on any atom is 0.247 e. The van der Waals surface area contributed by atoms with E-state index in [1.54, 1.807) is 24.3 Å². The first kappa shape index (κ1) is 19.5. The molecule has 1 aliphatic rings. The molecular formula is C19H14BrN4O4S-. The van der Waals surface area contributed by atoms with Crippen molar-refractivity contribution in [2.75, 3.05) is 18.2 Å². The molecule has 1 aromatic heterocycles. The van der Waals surface area contributed by atoms with Gasteiger partial charge in [-0.15, -0.1) is 10.2 Å². The van der Waals surface area contributed by atoms with Crippen LogP contribution < -0.4 is 19.9 Å². The molecule has 0 saturated carbocycles. The molecular weight excluding hydrogens is 460 g/mol. The summed E-state index contributed by atoms with van der Waals surface area (Å²) >= 11 is 4.86. The van der Waals surface area contributed by atoms with Crippen LogP contribution in [0, 0.1) is 0 Å². The van der Waals surface area contributed by atoms with E-state index in [0.717, 1.165) is 21.3 Å². The van der Waals surface area contributed by atoms with E-state index in [9.17, 15) is 9.90 Å². The van der Waals surface area contributed by atoms with Crippen LogP contribution in [0.4, 0.5) is 5.69 Å². The first-order valence-corrected chi connectivity index (χ1v) is 10.5. The highest BCUT2D eigenvalue weighted by Crippen LogP contribution is 2.40. The van der Waals surface area contributed by atoms with E-state index in [-0.39, 0.29) is 0 Å². The van der Waals surface area contributed by atoms with Crippen molar-refractivity contribution < 1.29 is 19.4 Å².